The Bertz CT molecular complexity index is 219. The third-order valence-corrected chi connectivity index (χ3v) is 1.86. The van der Waals surface area contributed by atoms with Gasteiger partial charge >= 0.3 is 0 Å². The summed E-state index contributed by atoms with van der Waals surface area (Å²) in [5.74, 6) is -4.66. The Morgan fingerprint density at radius 3 is 2.29 bits per heavy atom. The van der Waals surface area contributed by atoms with Crippen molar-refractivity contribution >= 4 is 6.29 Å². The highest BCUT2D eigenvalue weighted by Crippen LogP contribution is 2.20. The molecule has 14 heavy (non-hydrogen) atoms. The third-order valence-electron chi connectivity index (χ3n) is 1.86. The van der Waals surface area contributed by atoms with Crippen molar-refractivity contribution in [3.63, 3.8) is 0 Å². The predicted molar refractivity (Wildman–Crippen MR) is 49.7 cm³/mol. The summed E-state index contributed by atoms with van der Waals surface area (Å²) in [5.41, 5.74) is 0. The van der Waals surface area contributed by atoms with E-state index in [1.807, 2.05) is 6.92 Å². The van der Waals surface area contributed by atoms with Gasteiger partial charge in [-0.05, 0) is 6.42 Å². The molecule has 0 aliphatic heterocycles. The molecule has 0 aliphatic carbocycles. The maximum absolute atomic E-state index is 10.0. The maximum atomic E-state index is 10.0. The second kappa shape index (κ2) is 5.62. The SMILES string of the molecule is CCCCCC(O)(O)C(O)=C(O)C=O. The molecule has 0 aliphatic rings. The molecule has 82 valence electrons. The largest absolute Gasteiger partial charge is 0.504 e. The molecule has 5 nitrogen and oxygen atoms in total. The van der Waals surface area contributed by atoms with Gasteiger partial charge in [0, 0.05) is 6.42 Å². The van der Waals surface area contributed by atoms with Crippen molar-refractivity contribution in [1.29, 1.82) is 0 Å². The number of hydrogen-bond acceptors (Lipinski definition) is 5. The van der Waals surface area contributed by atoms with Crippen molar-refractivity contribution in [3.05, 3.63) is 11.5 Å². The monoisotopic (exact) mass is 204 g/mol. The molecule has 4 N–H and O–H groups in total. The second-order valence-electron chi connectivity index (χ2n) is 3.13. The fourth-order valence-corrected chi connectivity index (χ4v) is 1.00. The molecule has 0 aromatic heterocycles. The summed E-state index contributed by atoms with van der Waals surface area (Å²) in [5, 5.41) is 36.3. The van der Waals surface area contributed by atoms with Gasteiger partial charge in [0.25, 0.3) is 0 Å². The number of aldehydes is 1. The molecule has 0 fully saturated rings. The van der Waals surface area contributed by atoms with Gasteiger partial charge in [0.1, 0.15) is 0 Å². The molecule has 0 unspecified atom stereocenters. The average Bonchev–Trinajstić information content (AvgIpc) is 2.15. The first-order valence-electron chi connectivity index (χ1n) is 4.48. The number of aliphatic hydroxyl groups is 4. The minimum Gasteiger partial charge on any atom is -0.504 e. The van der Waals surface area contributed by atoms with Crippen molar-refractivity contribution in [3.8, 4) is 0 Å². The Morgan fingerprint density at radius 1 is 1.29 bits per heavy atom. The van der Waals surface area contributed by atoms with Gasteiger partial charge < -0.3 is 20.4 Å². The van der Waals surface area contributed by atoms with Gasteiger partial charge in [-0.15, -0.1) is 0 Å². The zero-order valence-corrected chi connectivity index (χ0v) is 8.10. The first-order chi connectivity index (χ1) is 6.45. The summed E-state index contributed by atoms with van der Waals surface area (Å²) in [7, 11) is 0. The van der Waals surface area contributed by atoms with Crippen LogP contribution in [0.5, 0.6) is 0 Å². The minimum atomic E-state index is -2.51. The summed E-state index contributed by atoms with van der Waals surface area (Å²) in [6.07, 6.45) is 1.98. The van der Waals surface area contributed by atoms with Crippen LogP contribution in [-0.4, -0.2) is 32.5 Å². The van der Waals surface area contributed by atoms with Crippen LogP contribution in [0.4, 0.5) is 0 Å². The number of carbonyl (C=O) groups excluding carboxylic acids is 1. The van der Waals surface area contributed by atoms with E-state index >= 15 is 0 Å². The summed E-state index contributed by atoms with van der Waals surface area (Å²) in [6.45, 7) is 1.94. The normalized spacial score (nSPS) is 13.6. The second-order valence-corrected chi connectivity index (χ2v) is 3.13. The highest BCUT2D eigenvalue weighted by molar-refractivity contribution is 5.70. The summed E-state index contributed by atoms with van der Waals surface area (Å²) >= 11 is 0. The first-order valence-corrected chi connectivity index (χ1v) is 4.48. The Kier molecular flexibility index (Phi) is 5.19. The molecule has 0 heterocycles. The van der Waals surface area contributed by atoms with Crippen LogP contribution in [0.2, 0.25) is 0 Å². The molecular weight excluding hydrogens is 188 g/mol. The number of allylic oxidation sites excluding steroid dienone is 1. The number of unbranched alkanes of at least 4 members (excludes halogenated alkanes) is 2. The molecule has 0 spiro atoms. The van der Waals surface area contributed by atoms with Crippen LogP contribution < -0.4 is 0 Å². The van der Waals surface area contributed by atoms with Crippen molar-refractivity contribution < 1.29 is 25.2 Å². The van der Waals surface area contributed by atoms with Crippen molar-refractivity contribution in [2.45, 2.75) is 38.4 Å². The summed E-state index contributed by atoms with van der Waals surface area (Å²) in [6, 6.07) is 0. The lowest BCUT2D eigenvalue weighted by Crippen LogP contribution is -2.32. The summed E-state index contributed by atoms with van der Waals surface area (Å²) in [4.78, 5) is 10.0. The van der Waals surface area contributed by atoms with Crippen molar-refractivity contribution in [2.75, 3.05) is 0 Å². The molecule has 0 amide bonds. The molecule has 0 aromatic rings. The van der Waals surface area contributed by atoms with Gasteiger partial charge in [-0.1, -0.05) is 19.8 Å². The fraction of sp³-hybridized carbons (Fsp3) is 0.667. The highest BCUT2D eigenvalue weighted by Gasteiger charge is 2.31. The molecule has 0 saturated carbocycles. The fourth-order valence-electron chi connectivity index (χ4n) is 1.00. The van der Waals surface area contributed by atoms with Crippen molar-refractivity contribution in [2.24, 2.45) is 0 Å². The van der Waals surface area contributed by atoms with Gasteiger partial charge in [-0.3, -0.25) is 4.79 Å². The number of rotatable bonds is 6. The van der Waals surface area contributed by atoms with Crippen LogP contribution in [0.25, 0.3) is 0 Å². The number of aliphatic hydroxyl groups excluding tert-OH is 2. The zero-order chi connectivity index (χ0) is 11.2. The highest BCUT2D eigenvalue weighted by atomic mass is 16.5. The van der Waals surface area contributed by atoms with E-state index in [1.165, 1.54) is 0 Å². The lowest BCUT2D eigenvalue weighted by Gasteiger charge is -2.20. The number of hydrogen-bond donors (Lipinski definition) is 4. The van der Waals surface area contributed by atoms with Gasteiger partial charge in [0.05, 0.1) is 0 Å². The van der Waals surface area contributed by atoms with E-state index in [0.29, 0.717) is 6.42 Å². The topological polar surface area (TPSA) is 98.0 Å². The van der Waals surface area contributed by atoms with Gasteiger partial charge in [0.15, 0.2) is 17.8 Å². The van der Waals surface area contributed by atoms with E-state index in [1.54, 1.807) is 0 Å². The Labute approximate surface area is 82.3 Å². The molecule has 0 atom stereocenters. The molecule has 0 aromatic carbocycles. The lowest BCUT2D eigenvalue weighted by molar-refractivity contribution is -0.161. The van der Waals surface area contributed by atoms with Crippen LogP contribution in [0.15, 0.2) is 11.5 Å². The van der Waals surface area contributed by atoms with Crippen LogP contribution in [-0.2, 0) is 4.79 Å². The maximum Gasteiger partial charge on any atom is 0.226 e. The van der Waals surface area contributed by atoms with E-state index in [4.69, 9.17) is 10.2 Å². The molecule has 0 bridgehead atoms. The molecular formula is C9H16O5. The van der Waals surface area contributed by atoms with E-state index in [9.17, 15) is 15.0 Å². The third kappa shape index (κ3) is 3.76. The van der Waals surface area contributed by atoms with Crippen LogP contribution in [0.3, 0.4) is 0 Å². The van der Waals surface area contributed by atoms with Crippen LogP contribution in [0, 0.1) is 0 Å². The predicted octanol–water partition coefficient (Wildman–Crippen LogP) is 0.774. The van der Waals surface area contributed by atoms with Gasteiger partial charge in [-0.25, -0.2) is 0 Å². The smallest absolute Gasteiger partial charge is 0.226 e. The first kappa shape index (κ1) is 12.9. The lowest BCUT2D eigenvalue weighted by atomic mass is 10.1. The Morgan fingerprint density at radius 2 is 1.86 bits per heavy atom. The Balaban J connectivity index is 4.37. The van der Waals surface area contributed by atoms with E-state index in [0.717, 1.165) is 12.8 Å². The van der Waals surface area contributed by atoms with E-state index in [-0.39, 0.29) is 12.7 Å². The van der Waals surface area contributed by atoms with Gasteiger partial charge in [0.2, 0.25) is 5.79 Å². The molecule has 0 radical (unpaired) electrons. The van der Waals surface area contributed by atoms with Gasteiger partial charge in [-0.2, -0.15) is 0 Å². The number of carbonyl (C=O) groups is 1. The molecule has 0 saturated heterocycles. The van der Waals surface area contributed by atoms with E-state index in [2.05, 4.69) is 0 Å². The quantitative estimate of drug-likeness (QED) is 0.168. The van der Waals surface area contributed by atoms with Crippen LogP contribution in [0.1, 0.15) is 32.6 Å². The minimum absolute atomic E-state index is 0.0453. The molecule has 5 heteroatoms. The van der Waals surface area contributed by atoms with Crippen molar-refractivity contribution in [1.82, 2.24) is 0 Å². The van der Waals surface area contributed by atoms with Crippen LogP contribution >= 0.6 is 0 Å². The standard InChI is InChI=1S/C9H16O5/c1-2-3-4-5-9(13,14)8(12)7(11)6-10/h6,11-14H,2-5H2,1H3. The average molecular weight is 204 g/mol. The molecule has 0 rings (SSSR count). The van der Waals surface area contributed by atoms with E-state index < -0.39 is 17.3 Å². The summed E-state index contributed by atoms with van der Waals surface area (Å²) < 4.78 is 0. The Hall–Kier alpha value is -1.07. The zero-order valence-electron chi connectivity index (χ0n) is 8.10.